The third kappa shape index (κ3) is 4.91. The number of methoxy groups -OCH3 is 1. The molecule has 1 aromatic rings. The molecule has 1 atom stereocenters. The van der Waals surface area contributed by atoms with Crippen molar-refractivity contribution in [2.24, 2.45) is 5.73 Å². The van der Waals surface area contributed by atoms with Crippen molar-refractivity contribution in [1.29, 1.82) is 0 Å². The number of nitrogens with one attached hydrogen (secondary N) is 1. The average molecular weight is 286 g/mol. The normalized spacial score (nSPS) is 13.4. The van der Waals surface area contributed by atoms with Gasteiger partial charge in [-0.05, 0) is 24.1 Å². The van der Waals surface area contributed by atoms with Gasteiger partial charge < -0.3 is 10.5 Å². The summed E-state index contributed by atoms with van der Waals surface area (Å²) in [5.74, 6) is 0. The van der Waals surface area contributed by atoms with E-state index < -0.39 is 16.1 Å². The molecule has 1 rings (SSSR count). The predicted octanol–water partition coefficient (Wildman–Crippen LogP) is 0.891. The van der Waals surface area contributed by atoms with E-state index in [1.54, 1.807) is 12.1 Å². The highest BCUT2D eigenvalue weighted by atomic mass is 32.2. The van der Waals surface area contributed by atoms with Gasteiger partial charge in [0.1, 0.15) is 0 Å². The molecule has 1 unspecified atom stereocenters. The molecule has 108 valence electrons. The van der Waals surface area contributed by atoms with Crippen LogP contribution in [-0.4, -0.2) is 34.7 Å². The molecule has 0 aliphatic carbocycles. The molecule has 0 aromatic heterocycles. The molecule has 0 saturated carbocycles. The number of aryl methyl sites for hydroxylation is 1. The summed E-state index contributed by atoms with van der Waals surface area (Å²) >= 11 is 0. The van der Waals surface area contributed by atoms with Crippen molar-refractivity contribution in [2.45, 2.75) is 30.7 Å². The zero-order valence-corrected chi connectivity index (χ0v) is 12.2. The van der Waals surface area contributed by atoms with Gasteiger partial charge in [0.2, 0.25) is 10.0 Å². The first kappa shape index (κ1) is 16.1. The van der Waals surface area contributed by atoms with Gasteiger partial charge in [0, 0.05) is 13.7 Å². The van der Waals surface area contributed by atoms with Crippen molar-refractivity contribution in [3.05, 3.63) is 29.8 Å². The van der Waals surface area contributed by atoms with Crippen molar-refractivity contribution < 1.29 is 13.2 Å². The Bertz CT molecular complexity index is 471. The molecule has 0 bridgehead atoms. The average Bonchev–Trinajstić information content (AvgIpc) is 2.39. The molecule has 0 spiro atoms. The summed E-state index contributed by atoms with van der Waals surface area (Å²) in [5, 5.41) is 0. The molecule has 19 heavy (non-hydrogen) atoms. The topological polar surface area (TPSA) is 81.4 Å². The van der Waals surface area contributed by atoms with E-state index in [1.165, 1.54) is 7.11 Å². The van der Waals surface area contributed by atoms with E-state index in [2.05, 4.69) is 11.6 Å². The van der Waals surface area contributed by atoms with Crippen LogP contribution >= 0.6 is 0 Å². The van der Waals surface area contributed by atoms with Crippen LogP contribution in [0, 0.1) is 0 Å². The van der Waals surface area contributed by atoms with Crippen LogP contribution < -0.4 is 10.5 Å². The first-order chi connectivity index (χ1) is 9.03. The minimum Gasteiger partial charge on any atom is -0.383 e. The fourth-order valence-corrected chi connectivity index (χ4v) is 3.00. The molecular formula is C13H22N2O3S. The quantitative estimate of drug-likeness (QED) is 0.743. The van der Waals surface area contributed by atoms with E-state index in [9.17, 15) is 8.42 Å². The number of ether oxygens (including phenoxy) is 1. The van der Waals surface area contributed by atoms with Crippen molar-refractivity contribution in [1.82, 2.24) is 4.72 Å². The minimum absolute atomic E-state index is 0.195. The Labute approximate surface area is 115 Å². The molecule has 5 nitrogen and oxygen atoms in total. The zero-order valence-electron chi connectivity index (χ0n) is 11.4. The van der Waals surface area contributed by atoms with Crippen LogP contribution in [0.25, 0.3) is 0 Å². The fraction of sp³-hybridized carbons (Fsp3) is 0.538. The summed E-state index contributed by atoms with van der Waals surface area (Å²) in [6.45, 7) is 2.54. The summed E-state index contributed by atoms with van der Waals surface area (Å²) in [6.07, 6.45) is 1.98. The molecule has 0 amide bonds. The Balaban J connectivity index is 2.81. The first-order valence-electron chi connectivity index (χ1n) is 6.33. The number of benzene rings is 1. The third-order valence-electron chi connectivity index (χ3n) is 2.75. The van der Waals surface area contributed by atoms with Gasteiger partial charge in [0.15, 0.2) is 0 Å². The van der Waals surface area contributed by atoms with Crippen molar-refractivity contribution >= 4 is 10.0 Å². The van der Waals surface area contributed by atoms with Gasteiger partial charge in [-0.1, -0.05) is 25.5 Å². The van der Waals surface area contributed by atoms with Crippen molar-refractivity contribution in [3.8, 4) is 0 Å². The Morgan fingerprint density at radius 3 is 2.42 bits per heavy atom. The monoisotopic (exact) mass is 286 g/mol. The number of rotatable bonds is 8. The lowest BCUT2D eigenvalue weighted by Gasteiger charge is -2.16. The van der Waals surface area contributed by atoms with E-state index in [0.29, 0.717) is 0 Å². The molecular weight excluding hydrogens is 264 g/mol. The molecule has 0 aliphatic heterocycles. The minimum atomic E-state index is -3.54. The van der Waals surface area contributed by atoms with Gasteiger partial charge in [-0.15, -0.1) is 0 Å². The number of sulfonamides is 1. The molecule has 6 heteroatoms. The van der Waals surface area contributed by atoms with Crippen LogP contribution in [0.15, 0.2) is 29.2 Å². The maximum absolute atomic E-state index is 12.1. The second-order valence-electron chi connectivity index (χ2n) is 4.40. The lowest BCUT2D eigenvalue weighted by molar-refractivity contribution is 0.177. The molecule has 0 aliphatic rings. The van der Waals surface area contributed by atoms with E-state index in [1.807, 2.05) is 12.1 Å². The smallest absolute Gasteiger partial charge is 0.240 e. The third-order valence-corrected chi connectivity index (χ3v) is 4.28. The lowest BCUT2D eigenvalue weighted by Crippen LogP contribution is -2.43. The van der Waals surface area contributed by atoms with Crippen LogP contribution in [0.5, 0.6) is 0 Å². The molecule has 0 radical (unpaired) electrons. The van der Waals surface area contributed by atoms with Crippen LogP contribution in [0.3, 0.4) is 0 Å². The zero-order chi connectivity index (χ0) is 14.3. The highest BCUT2D eigenvalue weighted by Crippen LogP contribution is 2.12. The van der Waals surface area contributed by atoms with Crippen LogP contribution in [0.1, 0.15) is 18.9 Å². The van der Waals surface area contributed by atoms with Gasteiger partial charge in [-0.3, -0.25) is 0 Å². The summed E-state index contributed by atoms with van der Waals surface area (Å²) in [7, 11) is -2.03. The maximum Gasteiger partial charge on any atom is 0.240 e. The van der Waals surface area contributed by atoms with Gasteiger partial charge >= 0.3 is 0 Å². The highest BCUT2D eigenvalue weighted by molar-refractivity contribution is 7.89. The molecule has 1 aromatic carbocycles. The first-order valence-corrected chi connectivity index (χ1v) is 7.82. The number of hydrogen-bond donors (Lipinski definition) is 2. The van der Waals surface area contributed by atoms with Crippen molar-refractivity contribution in [2.75, 3.05) is 20.3 Å². The molecule has 0 fully saturated rings. The van der Waals surface area contributed by atoms with E-state index >= 15 is 0 Å². The lowest BCUT2D eigenvalue weighted by atomic mass is 10.1. The maximum atomic E-state index is 12.1. The van der Waals surface area contributed by atoms with Crippen LogP contribution in [0.2, 0.25) is 0 Å². The summed E-state index contributed by atoms with van der Waals surface area (Å²) in [5.41, 5.74) is 6.63. The SMILES string of the molecule is CCCc1ccc(S(=O)(=O)NC(CN)COC)cc1. The summed E-state index contributed by atoms with van der Waals surface area (Å²) in [6, 6.07) is 6.50. The predicted molar refractivity (Wildman–Crippen MR) is 75.5 cm³/mol. The standard InChI is InChI=1S/C13H22N2O3S/c1-3-4-11-5-7-13(8-6-11)19(16,17)15-12(9-14)10-18-2/h5-8,12,15H,3-4,9-10,14H2,1-2H3. The Morgan fingerprint density at radius 2 is 1.95 bits per heavy atom. The van der Waals surface area contributed by atoms with E-state index in [0.717, 1.165) is 18.4 Å². The van der Waals surface area contributed by atoms with Crippen LogP contribution in [-0.2, 0) is 21.2 Å². The molecule has 0 heterocycles. The molecule has 0 saturated heterocycles. The van der Waals surface area contributed by atoms with Crippen LogP contribution in [0.4, 0.5) is 0 Å². The van der Waals surface area contributed by atoms with Crippen molar-refractivity contribution in [3.63, 3.8) is 0 Å². The number of hydrogen-bond acceptors (Lipinski definition) is 4. The molecule has 3 N–H and O–H groups in total. The fourth-order valence-electron chi connectivity index (χ4n) is 1.76. The summed E-state index contributed by atoms with van der Waals surface area (Å²) in [4.78, 5) is 0.252. The highest BCUT2D eigenvalue weighted by Gasteiger charge is 2.18. The van der Waals surface area contributed by atoms with Gasteiger partial charge in [0.25, 0.3) is 0 Å². The Kier molecular flexibility index (Phi) is 6.44. The van der Waals surface area contributed by atoms with Gasteiger partial charge in [-0.25, -0.2) is 13.1 Å². The Morgan fingerprint density at radius 1 is 1.32 bits per heavy atom. The van der Waals surface area contributed by atoms with E-state index in [4.69, 9.17) is 10.5 Å². The second-order valence-corrected chi connectivity index (χ2v) is 6.12. The van der Waals surface area contributed by atoms with Gasteiger partial charge in [-0.2, -0.15) is 0 Å². The number of nitrogens with two attached hydrogens (primary N) is 1. The second kappa shape index (κ2) is 7.59. The van der Waals surface area contributed by atoms with Gasteiger partial charge in [0.05, 0.1) is 17.5 Å². The van der Waals surface area contributed by atoms with E-state index in [-0.39, 0.29) is 18.0 Å². The summed E-state index contributed by atoms with van der Waals surface area (Å²) < 4.78 is 31.7. The largest absolute Gasteiger partial charge is 0.383 e. The Hall–Kier alpha value is -0.950.